The average molecular weight is 321 g/mol. The van der Waals surface area contributed by atoms with E-state index in [2.05, 4.69) is 10.4 Å². The Balaban J connectivity index is 2.04. The highest BCUT2D eigenvalue weighted by Gasteiger charge is 2.18. The lowest BCUT2D eigenvalue weighted by Gasteiger charge is -2.12. The molecule has 1 N–H and O–H groups in total. The number of hydrogen-bond donors (Lipinski definition) is 1. The summed E-state index contributed by atoms with van der Waals surface area (Å²) in [4.78, 5) is 12.1. The van der Waals surface area contributed by atoms with Gasteiger partial charge in [-0.15, -0.1) is 0 Å². The van der Waals surface area contributed by atoms with Crippen LogP contribution >= 0.6 is 0 Å². The number of aromatic nitrogens is 2. The van der Waals surface area contributed by atoms with Crippen molar-refractivity contribution in [3.63, 3.8) is 0 Å². The smallest absolute Gasteiger partial charge is 0.272 e. The molecule has 0 radical (unpaired) electrons. The quantitative estimate of drug-likeness (QED) is 0.872. The first-order valence-electron chi connectivity index (χ1n) is 7.03. The fourth-order valence-electron chi connectivity index (χ4n) is 2.01. The third-order valence-corrected chi connectivity index (χ3v) is 5.05. The second-order valence-electron chi connectivity index (χ2n) is 5.05. The molecule has 0 aliphatic rings. The maximum atomic E-state index is 12.1. The summed E-state index contributed by atoms with van der Waals surface area (Å²) in [5, 5.41) is 6.86. The van der Waals surface area contributed by atoms with Gasteiger partial charge in [0.1, 0.15) is 0 Å². The van der Waals surface area contributed by atoms with Gasteiger partial charge in [0.05, 0.1) is 11.4 Å². The molecule has 0 bridgehead atoms. The Kier molecular flexibility index (Phi) is 4.97. The maximum Gasteiger partial charge on any atom is 0.272 e. The zero-order chi connectivity index (χ0) is 16.2. The predicted molar refractivity (Wildman–Crippen MR) is 84.8 cm³/mol. The standard InChI is InChI=1S/C15H19N3O3S/c1-3-22(20,21)11-12(2)16-15(19)14-9-10-18(17-14)13-7-5-4-6-8-13/h4-10,12H,3,11H2,1-2H3,(H,16,19). The Morgan fingerprint density at radius 3 is 2.59 bits per heavy atom. The van der Waals surface area contributed by atoms with Crippen molar-refractivity contribution in [2.75, 3.05) is 11.5 Å². The van der Waals surface area contributed by atoms with Crippen molar-refractivity contribution in [3.8, 4) is 5.69 Å². The van der Waals surface area contributed by atoms with E-state index in [9.17, 15) is 13.2 Å². The summed E-state index contributed by atoms with van der Waals surface area (Å²) < 4.78 is 24.7. The van der Waals surface area contributed by atoms with E-state index in [1.54, 1.807) is 30.8 Å². The van der Waals surface area contributed by atoms with Crippen molar-refractivity contribution in [1.82, 2.24) is 15.1 Å². The van der Waals surface area contributed by atoms with E-state index < -0.39 is 15.9 Å². The molecule has 0 saturated carbocycles. The van der Waals surface area contributed by atoms with Crippen molar-refractivity contribution in [2.45, 2.75) is 19.9 Å². The molecular formula is C15H19N3O3S. The monoisotopic (exact) mass is 321 g/mol. The molecule has 1 unspecified atom stereocenters. The van der Waals surface area contributed by atoms with Crippen LogP contribution in [0.3, 0.4) is 0 Å². The van der Waals surface area contributed by atoms with Crippen LogP contribution in [-0.2, 0) is 9.84 Å². The summed E-state index contributed by atoms with van der Waals surface area (Å²) in [6, 6.07) is 10.6. The lowest BCUT2D eigenvalue weighted by Crippen LogP contribution is -2.38. The third kappa shape index (κ3) is 4.17. The number of amides is 1. The molecule has 0 fully saturated rings. The number of sulfone groups is 1. The first-order valence-corrected chi connectivity index (χ1v) is 8.86. The molecule has 0 spiro atoms. The SMILES string of the molecule is CCS(=O)(=O)CC(C)NC(=O)c1ccn(-c2ccccc2)n1. The number of carbonyl (C=O) groups is 1. The molecule has 1 heterocycles. The minimum Gasteiger partial charge on any atom is -0.347 e. The predicted octanol–water partition coefficient (Wildman–Crippen LogP) is 1.43. The topological polar surface area (TPSA) is 81.1 Å². The normalized spacial score (nSPS) is 12.8. The molecule has 2 aromatic rings. The molecule has 2 rings (SSSR count). The molecular weight excluding hydrogens is 302 g/mol. The van der Waals surface area contributed by atoms with E-state index >= 15 is 0 Å². The molecule has 0 saturated heterocycles. The molecule has 22 heavy (non-hydrogen) atoms. The molecule has 7 heteroatoms. The van der Waals surface area contributed by atoms with Crippen LogP contribution in [0.2, 0.25) is 0 Å². The molecule has 1 aromatic heterocycles. The van der Waals surface area contributed by atoms with E-state index in [4.69, 9.17) is 0 Å². The maximum absolute atomic E-state index is 12.1. The van der Waals surface area contributed by atoms with Gasteiger partial charge in [0.15, 0.2) is 15.5 Å². The number of nitrogens with one attached hydrogen (secondary N) is 1. The number of hydrogen-bond acceptors (Lipinski definition) is 4. The first kappa shape index (κ1) is 16.2. The van der Waals surface area contributed by atoms with Gasteiger partial charge in [-0.3, -0.25) is 4.79 Å². The second kappa shape index (κ2) is 6.74. The molecule has 6 nitrogen and oxygen atoms in total. The van der Waals surface area contributed by atoms with Gasteiger partial charge in [0, 0.05) is 18.0 Å². The number of rotatable bonds is 6. The van der Waals surface area contributed by atoms with Crippen LogP contribution in [0.4, 0.5) is 0 Å². The van der Waals surface area contributed by atoms with Crippen LogP contribution in [0.1, 0.15) is 24.3 Å². The highest BCUT2D eigenvalue weighted by molar-refractivity contribution is 7.91. The Bertz CT molecular complexity index is 738. The number of nitrogens with zero attached hydrogens (tertiary/aromatic N) is 2. The van der Waals surface area contributed by atoms with Gasteiger partial charge >= 0.3 is 0 Å². The highest BCUT2D eigenvalue weighted by Crippen LogP contribution is 2.07. The van der Waals surface area contributed by atoms with Gasteiger partial charge < -0.3 is 5.32 Å². The van der Waals surface area contributed by atoms with Gasteiger partial charge in [-0.1, -0.05) is 25.1 Å². The fourth-order valence-corrected chi connectivity index (χ4v) is 3.09. The molecule has 0 aliphatic carbocycles. The van der Waals surface area contributed by atoms with Crippen molar-refractivity contribution in [2.24, 2.45) is 0 Å². The van der Waals surface area contributed by atoms with Gasteiger partial charge in [-0.05, 0) is 25.1 Å². The van der Waals surface area contributed by atoms with Crippen molar-refractivity contribution >= 4 is 15.7 Å². The average Bonchev–Trinajstić information content (AvgIpc) is 2.97. The summed E-state index contributed by atoms with van der Waals surface area (Å²) in [5.74, 6) is -0.390. The van der Waals surface area contributed by atoms with Crippen LogP contribution in [0.15, 0.2) is 42.6 Å². The van der Waals surface area contributed by atoms with Crippen LogP contribution in [0.25, 0.3) is 5.69 Å². The van der Waals surface area contributed by atoms with Crippen LogP contribution in [0, 0.1) is 0 Å². The molecule has 118 valence electrons. The first-order chi connectivity index (χ1) is 10.4. The molecule has 1 aromatic carbocycles. The van der Waals surface area contributed by atoms with E-state index in [1.807, 2.05) is 30.3 Å². The second-order valence-corrected chi connectivity index (χ2v) is 7.45. The summed E-state index contributed by atoms with van der Waals surface area (Å²) in [5.41, 5.74) is 1.10. The lowest BCUT2D eigenvalue weighted by atomic mass is 10.3. The summed E-state index contributed by atoms with van der Waals surface area (Å²) >= 11 is 0. The van der Waals surface area contributed by atoms with E-state index in [-0.39, 0.29) is 23.1 Å². The highest BCUT2D eigenvalue weighted by atomic mass is 32.2. The molecule has 0 aliphatic heterocycles. The minimum absolute atomic E-state index is 0.0653. The number of para-hydroxylation sites is 1. The number of benzene rings is 1. The van der Waals surface area contributed by atoms with Crippen LogP contribution < -0.4 is 5.32 Å². The summed E-state index contributed by atoms with van der Waals surface area (Å²) in [7, 11) is -3.12. The Morgan fingerprint density at radius 1 is 1.27 bits per heavy atom. The summed E-state index contributed by atoms with van der Waals surface area (Å²) in [6.45, 7) is 3.25. The largest absolute Gasteiger partial charge is 0.347 e. The van der Waals surface area contributed by atoms with Crippen molar-refractivity contribution < 1.29 is 13.2 Å². The number of carbonyl (C=O) groups excluding carboxylic acids is 1. The summed E-state index contributed by atoms with van der Waals surface area (Å²) in [6.07, 6.45) is 1.69. The van der Waals surface area contributed by atoms with E-state index in [1.165, 1.54) is 0 Å². The van der Waals surface area contributed by atoms with Crippen LogP contribution in [-0.4, -0.2) is 41.7 Å². The zero-order valence-electron chi connectivity index (χ0n) is 12.6. The Morgan fingerprint density at radius 2 is 1.95 bits per heavy atom. The Hall–Kier alpha value is -2.15. The fraction of sp³-hybridized carbons (Fsp3) is 0.333. The lowest BCUT2D eigenvalue weighted by molar-refractivity contribution is 0.0938. The van der Waals surface area contributed by atoms with Crippen molar-refractivity contribution in [3.05, 3.63) is 48.3 Å². The molecule has 1 amide bonds. The molecule has 1 atom stereocenters. The van der Waals surface area contributed by atoms with Gasteiger partial charge in [-0.25, -0.2) is 13.1 Å². The van der Waals surface area contributed by atoms with Crippen LogP contribution in [0.5, 0.6) is 0 Å². The van der Waals surface area contributed by atoms with Gasteiger partial charge in [0.25, 0.3) is 5.91 Å². The van der Waals surface area contributed by atoms with Gasteiger partial charge in [0.2, 0.25) is 0 Å². The minimum atomic E-state index is -3.12. The third-order valence-electron chi connectivity index (χ3n) is 3.16. The van der Waals surface area contributed by atoms with E-state index in [0.717, 1.165) is 5.69 Å². The van der Waals surface area contributed by atoms with Crippen molar-refractivity contribution in [1.29, 1.82) is 0 Å². The Labute approximate surface area is 130 Å². The zero-order valence-corrected chi connectivity index (χ0v) is 13.4. The van der Waals surface area contributed by atoms with Gasteiger partial charge in [-0.2, -0.15) is 5.10 Å². The van der Waals surface area contributed by atoms with E-state index in [0.29, 0.717) is 0 Å².